The number of hydrogen-bond donors (Lipinski definition) is 0. The fourth-order valence-electron chi connectivity index (χ4n) is 1.85. The molecule has 96 valence electrons. The van der Waals surface area contributed by atoms with Gasteiger partial charge in [0.1, 0.15) is 0 Å². The highest BCUT2D eigenvalue weighted by atomic mass is 35.5. The molecule has 1 unspecified atom stereocenters. The first-order valence-electron chi connectivity index (χ1n) is 6.00. The van der Waals surface area contributed by atoms with E-state index < -0.39 is 0 Å². The summed E-state index contributed by atoms with van der Waals surface area (Å²) >= 11 is 6.20. The van der Waals surface area contributed by atoms with Crippen LogP contribution in [-0.2, 0) is 6.42 Å². The maximum absolute atomic E-state index is 13.8. The molecule has 1 atom stereocenters. The van der Waals surface area contributed by atoms with Crippen molar-refractivity contribution in [2.24, 2.45) is 5.92 Å². The number of benzene rings is 1. The fourth-order valence-corrected chi connectivity index (χ4v) is 2.31. The summed E-state index contributed by atoms with van der Waals surface area (Å²) in [5.41, 5.74) is 0.679. The van der Waals surface area contributed by atoms with Gasteiger partial charge in [-0.3, -0.25) is 0 Å². The lowest BCUT2D eigenvalue weighted by Crippen LogP contribution is -2.06. The van der Waals surface area contributed by atoms with Crippen LogP contribution in [0.4, 0.5) is 4.39 Å². The highest BCUT2D eigenvalue weighted by Crippen LogP contribution is 2.23. The molecule has 0 bridgehead atoms. The summed E-state index contributed by atoms with van der Waals surface area (Å²) in [5.74, 6) is 0.619. The van der Waals surface area contributed by atoms with Crippen molar-refractivity contribution in [2.45, 2.75) is 38.5 Å². The van der Waals surface area contributed by atoms with Crippen LogP contribution in [0.5, 0.6) is 5.75 Å². The van der Waals surface area contributed by atoms with Gasteiger partial charge in [0.15, 0.2) is 11.6 Å². The Hall–Kier alpha value is -0.760. The van der Waals surface area contributed by atoms with Crippen molar-refractivity contribution in [1.29, 1.82) is 0 Å². The van der Waals surface area contributed by atoms with E-state index >= 15 is 0 Å². The lowest BCUT2D eigenvalue weighted by atomic mass is 10.0. The summed E-state index contributed by atoms with van der Waals surface area (Å²) < 4.78 is 18.8. The number of methoxy groups -OCH3 is 1. The maximum Gasteiger partial charge on any atom is 0.168 e. The molecule has 1 aromatic rings. The molecular weight excluding hydrogens is 239 g/mol. The van der Waals surface area contributed by atoms with Crippen molar-refractivity contribution in [3.8, 4) is 5.75 Å². The largest absolute Gasteiger partial charge is 0.494 e. The van der Waals surface area contributed by atoms with Crippen molar-refractivity contribution in [2.75, 3.05) is 7.11 Å². The molecule has 0 aliphatic carbocycles. The summed E-state index contributed by atoms with van der Waals surface area (Å²) in [6, 6.07) is 5.23. The molecule has 0 aliphatic heterocycles. The summed E-state index contributed by atoms with van der Waals surface area (Å²) in [7, 11) is 1.48. The maximum atomic E-state index is 13.8. The number of ether oxygens (including phenoxy) is 1. The van der Waals surface area contributed by atoms with E-state index in [1.165, 1.54) is 7.11 Å². The molecule has 0 N–H and O–H groups in total. The number of hydrogen-bond acceptors (Lipinski definition) is 1. The van der Waals surface area contributed by atoms with E-state index in [0.29, 0.717) is 23.7 Å². The lowest BCUT2D eigenvalue weighted by Gasteiger charge is -2.12. The van der Waals surface area contributed by atoms with E-state index in [2.05, 4.69) is 13.8 Å². The van der Waals surface area contributed by atoms with Crippen LogP contribution >= 0.6 is 11.6 Å². The minimum atomic E-state index is -0.261. The summed E-state index contributed by atoms with van der Waals surface area (Å²) in [4.78, 5) is 0. The first-order chi connectivity index (χ1) is 8.04. The summed E-state index contributed by atoms with van der Waals surface area (Å²) in [5, 5.41) is 0.112. The molecule has 3 heteroatoms. The highest BCUT2D eigenvalue weighted by Gasteiger charge is 2.11. The van der Waals surface area contributed by atoms with Crippen LogP contribution in [0, 0.1) is 11.7 Å². The molecule has 0 amide bonds. The average Bonchev–Trinajstić information content (AvgIpc) is 2.27. The molecule has 0 radical (unpaired) electrons. The van der Waals surface area contributed by atoms with Gasteiger partial charge in [0.25, 0.3) is 0 Å². The summed E-state index contributed by atoms with van der Waals surface area (Å²) in [6.45, 7) is 4.28. The molecular formula is C14H20ClFO. The van der Waals surface area contributed by atoms with Crippen LogP contribution < -0.4 is 4.74 Å². The third kappa shape index (κ3) is 4.55. The van der Waals surface area contributed by atoms with Crippen molar-refractivity contribution < 1.29 is 9.13 Å². The minimum absolute atomic E-state index is 0.112. The van der Waals surface area contributed by atoms with Crippen LogP contribution in [0.25, 0.3) is 0 Å². The summed E-state index contributed by atoms with van der Waals surface area (Å²) in [6.07, 6.45) is 2.42. The molecule has 0 saturated carbocycles. The Balaban J connectivity index is 2.57. The van der Waals surface area contributed by atoms with E-state index in [1.807, 2.05) is 6.07 Å². The number of aryl methyl sites for hydroxylation is 1. The predicted molar refractivity (Wildman–Crippen MR) is 70.4 cm³/mol. The third-order valence-corrected chi connectivity index (χ3v) is 3.11. The van der Waals surface area contributed by atoms with Crippen LogP contribution in [0.3, 0.4) is 0 Å². The Morgan fingerprint density at radius 1 is 1.35 bits per heavy atom. The van der Waals surface area contributed by atoms with Gasteiger partial charge in [-0.15, -0.1) is 11.6 Å². The Morgan fingerprint density at radius 3 is 2.65 bits per heavy atom. The van der Waals surface area contributed by atoms with Gasteiger partial charge in [-0.25, -0.2) is 4.39 Å². The number of alkyl halides is 1. The molecule has 1 aromatic carbocycles. The third-order valence-electron chi connectivity index (χ3n) is 2.72. The Labute approximate surface area is 108 Å². The quantitative estimate of drug-likeness (QED) is 0.687. The molecule has 0 heterocycles. The number of rotatable bonds is 6. The molecule has 0 aromatic heterocycles. The Kier molecular flexibility index (Phi) is 5.76. The smallest absolute Gasteiger partial charge is 0.168 e. The zero-order chi connectivity index (χ0) is 12.8. The average molecular weight is 259 g/mol. The van der Waals surface area contributed by atoms with Crippen molar-refractivity contribution in [3.63, 3.8) is 0 Å². The molecule has 1 nitrogen and oxygen atoms in total. The van der Waals surface area contributed by atoms with Gasteiger partial charge in [-0.1, -0.05) is 26.0 Å². The molecule has 0 spiro atoms. The van der Waals surface area contributed by atoms with E-state index in [1.54, 1.807) is 12.1 Å². The van der Waals surface area contributed by atoms with E-state index in [-0.39, 0.29) is 11.2 Å². The Bertz CT molecular complexity index is 352. The van der Waals surface area contributed by atoms with Crippen LogP contribution in [-0.4, -0.2) is 12.5 Å². The zero-order valence-corrected chi connectivity index (χ0v) is 11.4. The monoisotopic (exact) mass is 258 g/mol. The SMILES string of the molecule is COc1cccc(CCC(Cl)CC(C)C)c1F. The van der Waals surface area contributed by atoms with Crippen molar-refractivity contribution in [3.05, 3.63) is 29.6 Å². The molecule has 0 fully saturated rings. The highest BCUT2D eigenvalue weighted by molar-refractivity contribution is 6.20. The molecule has 1 rings (SSSR count). The first kappa shape index (κ1) is 14.3. The van der Waals surface area contributed by atoms with E-state index in [0.717, 1.165) is 12.8 Å². The van der Waals surface area contributed by atoms with Crippen LogP contribution in [0.1, 0.15) is 32.3 Å². The molecule has 0 saturated heterocycles. The van der Waals surface area contributed by atoms with Gasteiger partial charge < -0.3 is 4.74 Å². The van der Waals surface area contributed by atoms with Crippen LogP contribution in [0.2, 0.25) is 0 Å². The second-order valence-corrected chi connectivity index (χ2v) is 5.32. The zero-order valence-electron chi connectivity index (χ0n) is 10.7. The fraction of sp³-hybridized carbons (Fsp3) is 0.571. The standard InChI is InChI=1S/C14H20ClFO/c1-10(2)9-12(15)8-7-11-5-4-6-13(17-3)14(11)16/h4-6,10,12H,7-9H2,1-3H3. The van der Waals surface area contributed by atoms with E-state index in [4.69, 9.17) is 16.3 Å². The second kappa shape index (κ2) is 6.85. The first-order valence-corrected chi connectivity index (χ1v) is 6.43. The second-order valence-electron chi connectivity index (χ2n) is 4.70. The van der Waals surface area contributed by atoms with E-state index in [9.17, 15) is 4.39 Å². The van der Waals surface area contributed by atoms with Crippen LogP contribution in [0.15, 0.2) is 18.2 Å². The van der Waals surface area contributed by atoms with Gasteiger partial charge in [0, 0.05) is 5.38 Å². The van der Waals surface area contributed by atoms with Gasteiger partial charge in [0.05, 0.1) is 7.11 Å². The van der Waals surface area contributed by atoms with Gasteiger partial charge in [-0.05, 0) is 36.8 Å². The van der Waals surface area contributed by atoms with Gasteiger partial charge >= 0.3 is 0 Å². The van der Waals surface area contributed by atoms with Gasteiger partial charge in [-0.2, -0.15) is 0 Å². The predicted octanol–water partition coefficient (Wildman–Crippen LogP) is 4.42. The van der Waals surface area contributed by atoms with Crippen molar-refractivity contribution >= 4 is 11.6 Å². The Morgan fingerprint density at radius 2 is 2.06 bits per heavy atom. The molecule has 0 aliphatic rings. The minimum Gasteiger partial charge on any atom is -0.494 e. The van der Waals surface area contributed by atoms with Crippen molar-refractivity contribution in [1.82, 2.24) is 0 Å². The van der Waals surface area contributed by atoms with Gasteiger partial charge in [0.2, 0.25) is 0 Å². The molecule has 17 heavy (non-hydrogen) atoms. The normalized spacial score (nSPS) is 12.8. The number of halogens is 2. The lowest BCUT2D eigenvalue weighted by molar-refractivity contribution is 0.383. The topological polar surface area (TPSA) is 9.23 Å².